The molecule has 0 aliphatic rings. The third kappa shape index (κ3) is 4.89. The number of benzene rings is 1. The van der Waals surface area contributed by atoms with Crippen molar-refractivity contribution < 1.29 is 4.42 Å². The van der Waals surface area contributed by atoms with Crippen LogP contribution >= 0.6 is 23.8 Å². The molecule has 0 saturated heterocycles. The van der Waals surface area contributed by atoms with Crippen LogP contribution < -0.4 is 10.7 Å². The summed E-state index contributed by atoms with van der Waals surface area (Å²) in [5, 5.41) is 8.16. The molecule has 0 unspecified atom stereocenters. The topological polar surface area (TPSA) is 62.5 Å². The van der Waals surface area contributed by atoms with Crippen LogP contribution in [-0.4, -0.2) is 16.3 Å². The first-order valence-electron chi connectivity index (χ1n) is 7.53. The summed E-state index contributed by atoms with van der Waals surface area (Å²) < 4.78 is 5.72. The first-order valence-corrected chi connectivity index (χ1v) is 8.31. The molecule has 3 rings (SSSR count). The van der Waals surface area contributed by atoms with Crippen molar-refractivity contribution in [3.8, 4) is 11.3 Å². The van der Waals surface area contributed by atoms with E-state index >= 15 is 0 Å². The molecule has 0 radical (unpaired) electrons. The predicted molar refractivity (Wildman–Crippen MR) is 104 cm³/mol. The Bertz CT molecular complexity index is 880. The molecule has 2 heterocycles. The Labute approximate surface area is 155 Å². The third-order valence-electron chi connectivity index (χ3n) is 3.30. The van der Waals surface area contributed by atoms with Crippen molar-refractivity contribution in [1.29, 1.82) is 0 Å². The summed E-state index contributed by atoms with van der Waals surface area (Å²) in [4.78, 5) is 4.04. The number of hydrogen-bond donors (Lipinski definition) is 2. The van der Waals surface area contributed by atoms with Gasteiger partial charge in [-0.15, -0.1) is 0 Å². The van der Waals surface area contributed by atoms with Gasteiger partial charge in [0.25, 0.3) is 0 Å². The van der Waals surface area contributed by atoms with Gasteiger partial charge in [0.1, 0.15) is 11.5 Å². The second kappa shape index (κ2) is 8.41. The van der Waals surface area contributed by atoms with Crippen LogP contribution in [0.2, 0.25) is 5.02 Å². The van der Waals surface area contributed by atoms with Crippen LogP contribution in [0.15, 0.2) is 70.4 Å². The Hall–Kier alpha value is -2.70. The second-order valence-electron chi connectivity index (χ2n) is 5.10. The van der Waals surface area contributed by atoms with Crippen LogP contribution in [0.5, 0.6) is 0 Å². The number of pyridine rings is 1. The molecule has 0 bridgehead atoms. The van der Waals surface area contributed by atoms with E-state index in [2.05, 4.69) is 20.8 Å². The van der Waals surface area contributed by atoms with Gasteiger partial charge in [-0.3, -0.25) is 10.4 Å². The number of aromatic nitrogens is 1. The maximum atomic E-state index is 6.16. The summed E-state index contributed by atoms with van der Waals surface area (Å²) in [6.07, 6.45) is 5.06. The summed E-state index contributed by atoms with van der Waals surface area (Å²) >= 11 is 11.3. The zero-order chi connectivity index (χ0) is 17.5. The highest BCUT2D eigenvalue weighted by atomic mass is 35.5. The van der Waals surface area contributed by atoms with Gasteiger partial charge in [0.15, 0.2) is 5.11 Å². The highest BCUT2D eigenvalue weighted by molar-refractivity contribution is 7.80. The monoisotopic (exact) mass is 370 g/mol. The van der Waals surface area contributed by atoms with E-state index in [1.807, 2.05) is 48.5 Å². The number of rotatable bonds is 5. The lowest BCUT2D eigenvalue weighted by Crippen LogP contribution is -2.31. The van der Waals surface area contributed by atoms with Crippen molar-refractivity contribution in [1.82, 2.24) is 15.7 Å². The number of halogens is 1. The third-order valence-corrected chi connectivity index (χ3v) is 3.87. The zero-order valence-electron chi connectivity index (χ0n) is 13.1. The number of furan rings is 1. The molecule has 0 spiro atoms. The Morgan fingerprint density at radius 3 is 2.88 bits per heavy atom. The number of thiocarbonyl (C=S) groups is 1. The highest BCUT2D eigenvalue weighted by Gasteiger charge is 2.06. The molecule has 0 atom stereocenters. The molecule has 2 N–H and O–H groups in total. The fraction of sp³-hybridized carbons (Fsp3) is 0.0556. The lowest BCUT2D eigenvalue weighted by Gasteiger charge is -2.06. The van der Waals surface area contributed by atoms with E-state index in [0.29, 0.717) is 28.2 Å². The van der Waals surface area contributed by atoms with Gasteiger partial charge < -0.3 is 9.73 Å². The van der Waals surface area contributed by atoms with Gasteiger partial charge >= 0.3 is 0 Å². The first kappa shape index (κ1) is 17.1. The maximum absolute atomic E-state index is 6.16. The summed E-state index contributed by atoms with van der Waals surface area (Å²) in [6, 6.07) is 15.0. The maximum Gasteiger partial charge on any atom is 0.187 e. The summed E-state index contributed by atoms with van der Waals surface area (Å²) in [5.74, 6) is 1.28. The summed E-state index contributed by atoms with van der Waals surface area (Å²) in [6.45, 7) is 0.576. The van der Waals surface area contributed by atoms with Crippen LogP contribution in [0.1, 0.15) is 11.3 Å². The van der Waals surface area contributed by atoms with Crippen LogP contribution in [0.4, 0.5) is 0 Å². The standard InChI is InChI=1S/C18H15ClN4OS/c19-16-6-2-1-5-15(16)17-8-7-14(24-17)12-22-23-18(25)21-11-13-4-3-9-20-10-13/h1-10,12H,11H2,(H2,21,23,25). The number of nitrogens with one attached hydrogen (secondary N) is 2. The fourth-order valence-electron chi connectivity index (χ4n) is 2.11. The zero-order valence-corrected chi connectivity index (χ0v) is 14.7. The Kier molecular flexibility index (Phi) is 5.77. The van der Waals surface area contributed by atoms with Gasteiger partial charge in [-0.2, -0.15) is 5.10 Å². The lowest BCUT2D eigenvalue weighted by atomic mass is 10.2. The van der Waals surface area contributed by atoms with E-state index in [0.717, 1.165) is 11.1 Å². The molecular formula is C18H15ClN4OS. The largest absolute Gasteiger partial charge is 0.455 e. The van der Waals surface area contributed by atoms with Crippen LogP contribution in [0, 0.1) is 0 Å². The quantitative estimate of drug-likeness (QED) is 0.404. The normalized spacial score (nSPS) is 10.8. The number of nitrogens with zero attached hydrogens (tertiary/aromatic N) is 2. The molecule has 126 valence electrons. The average Bonchev–Trinajstić information content (AvgIpc) is 3.10. The van der Waals surface area contributed by atoms with E-state index in [4.69, 9.17) is 28.2 Å². The van der Waals surface area contributed by atoms with E-state index < -0.39 is 0 Å². The van der Waals surface area contributed by atoms with Crippen molar-refractivity contribution in [2.24, 2.45) is 5.10 Å². The highest BCUT2D eigenvalue weighted by Crippen LogP contribution is 2.28. The molecular weight excluding hydrogens is 356 g/mol. The minimum absolute atomic E-state index is 0.415. The van der Waals surface area contributed by atoms with Gasteiger partial charge in [0.2, 0.25) is 0 Å². The van der Waals surface area contributed by atoms with E-state index in [1.54, 1.807) is 18.6 Å². The second-order valence-corrected chi connectivity index (χ2v) is 5.91. The number of hydrazone groups is 1. The molecule has 0 saturated carbocycles. The smallest absolute Gasteiger partial charge is 0.187 e. The fourth-order valence-corrected chi connectivity index (χ4v) is 2.46. The van der Waals surface area contributed by atoms with Gasteiger partial charge in [-0.1, -0.05) is 29.8 Å². The SMILES string of the molecule is S=C(NCc1cccnc1)NN=Cc1ccc(-c2ccccc2Cl)o1. The molecule has 0 aliphatic carbocycles. The van der Waals surface area contributed by atoms with Crippen molar-refractivity contribution in [3.05, 3.63) is 77.3 Å². The van der Waals surface area contributed by atoms with Crippen molar-refractivity contribution in [2.75, 3.05) is 0 Å². The minimum atomic E-state index is 0.415. The van der Waals surface area contributed by atoms with Crippen molar-refractivity contribution in [3.63, 3.8) is 0 Å². The van der Waals surface area contributed by atoms with E-state index in [-0.39, 0.29) is 0 Å². The molecule has 7 heteroatoms. The minimum Gasteiger partial charge on any atom is -0.455 e. The van der Waals surface area contributed by atoms with Crippen molar-refractivity contribution in [2.45, 2.75) is 6.54 Å². The number of hydrogen-bond acceptors (Lipinski definition) is 4. The van der Waals surface area contributed by atoms with Crippen LogP contribution in [0.25, 0.3) is 11.3 Å². The molecule has 3 aromatic rings. The Morgan fingerprint density at radius 2 is 2.08 bits per heavy atom. The molecule has 1 aromatic carbocycles. The molecule has 5 nitrogen and oxygen atoms in total. The molecule has 2 aromatic heterocycles. The summed E-state index contributed by atoms with van der Waals surface area (Å²) in [5.41, 5.74) is 4.62. The van der Waals surface area contributed by atoms with E-state index in [1.165, 1.54) is 0 Å². The molecule has 0 fully saturated rings. The van der Waals surface area contributed by atoms with Gasteiger partial charge in [0.05, 0.1) is 11.2 Å². The average molecular weight is 371 g/mol. The Morgan fingerprint density at radius 1 is 1.20 bits per heavy atom. The molecule has 0 amide bonds. The van der Waals surface area contributed by atoms with Crippen molar-refractivity contribution >= 4 is 35.1 Å². The van der Waals surface area contributed by atoms with Crippen LogP contribution in [-0.2, 0) is 6.54 Å². The molecule has 25 heavy (non-hydrogen) atoms. The summed E-state index contributed by atoms with van der Waals surface area (Å²) in [7, 11) is 0. The van der Waals surface area contributed by atoms with Crippen LogP contribution in [0.3, 0.4) is 0 Å². The van der Waals surface area contributed by atoms with Gasteiger partial charge in [-0.25, -0.2) is 0 Å². The Balaban J connectivity index is 1.53. The predicted octanol–water partition coefficient (Wildman–Crippen LogP) is 3.99. The van der Waals surface area contributed by atoms with E-state index in [9.17, 15) is 0 Å². The first-order chi connectivity index (χ1) is 12.2. The van der Waals surface area contributed by atoms with Gasteiger partial charge in [0, 0.05) is 24.5 Å². The lowest BCUT2D eigenvalue weighted by molar-refractivity contribution is 0.574. The van der Waals surface area contributed by atoms with Gasteiger partial charge in [-0.05, 0) is 48.1 Å². The molecule has 0 aliphatic heterocycles.